The van der Waals surface area contributed by atoms with Gasteiger partial charge in [-0.15, -0.1) is 0 Å². The van der Waals surface area contributed by atoms with Crippen molar-refractivity contribution in [3.63, 3.8) is 0 Å². The molecule has 76 heavy (non-hydrogen) atoms. The Kier molecular flexibility index (Phi) is 62.2. The molecule has 1 unspecified atom stereocenters. The number of unbranched alkanes of at least 4 members (excludes halogenated alkanes) is 40. The van der Waals surface area contributed by atoms with Crippen LogP contribution in [0.2, 0.25) is 0 Å². The number of carbonyl (C=O) groups is 3. The molecule has 0 aromatic rings. The van der Waals surface area contributed by atoms with Gasteiger partial charge in [0.25, 0.3) is 0 Å². The van der Waals surface area contributed by atoms with Crippen LogP contribution in [0.15, 0.2) is 60.8 Å². The molecule has 0 N–H and O–H groups in total. The van der Waals surface area contributed by atoms with Gasteiger partial charge in [-0.25, -0.2) is 0 Å². The summed E-state index contributed by atoms with van der Waals surface area (Å²) in [5, 5.41) is 0. The van der Waals surface area contributed by atoms with E-state index in [-0.39, 0.29) is 31.1 Å². The minimum Gasteiger partial charge on any atom is -0.462 e. The van der Waals surface area contributed by atoms with Crippen LogP contribution in [0.5, 0.6) is 0 Å². The zero-order valence-electron chi connectivity index (χ0n) is 50.8. The van der Waals surface area contributed by atoms with Gasteiger partial charge in [0.2, 0.25) is 0 Å². The second-order valence-electron chi connectivity index (χ2n) is 22.4. The highest BCUT2D eigenvalue weighted by atomic mass is 16.6. The number of allylic oxidation sites excluding steroid dienone is 10. The quantitative estimate of drug-likeness (QED) is 0.0261. The average molecular weight is 1060 g/mol. The Labute approximate surface area is 472 Å². The summed E-state index contributed by atoms with van der Waals surface area (Å²) in [6.07, 6.45) is 82.8. The normalized spacial score (nSPS) is 12.4. The van der Waals surface area contributed by atoms with Gasteiger partial charge in [-0.05, 0) is 64.2 Å². The lowest BCUT2D eigenvalue weighted by atomic mass is 10.0. The van der Waals surface area contributed by atoms with E-state index in [1.807, 2.05) is 0 Å². The van der Waals surface area contributed by atoms with Crippen molar-refractivity contribution >= 4 is 17.9 Å². The Balaban J connectivity index is 4.04. The van der Waals surface area contributed by atoms with Crippen LogP contribution in [0.1, 0.15) is 348 Å². The van der Waals surface area contributed by atoms with E-state index in [9.17, 15) is 14.4 Å². The van der Waals surface area contributed by atoms with E-state index in [4.69, 9.17) is 14.2 Å². The maximum Gasteiger partial charge on any atom is 0.306 e. The van der Waals surface area contributed by atoms with Crippen LogP contribution in [0.4, 0.5) is 0 Å². The highest BCUT2D eigenvalue weighted by molar-refractivity contribution is 5.71. The highest BCUT2D eigenvalue weighted by Crippen LogP contribution is 2.18. The lowest BCUT2D eigenvalue weighted by Crippen LogP contribution is -2.30. The van der Waals surface area contributed by atoms with Crippen molar-refractivity contribution < 1.29 is 28.6 Å². The van der Waals surface area contributed by atoms with Crippen LogP contribution in [0.3, 0.4) is 0 Å². The standard InChI is InChI=1S/C70H126O6/c1-4-7-10-13-16-18-20-22-24-26-28-30-32-34-35-37-38-40-42-44-46-48-50-52-54-57-60-63-69(72)75-66-67(65-74-68(71)62-59-56-15-12-9-6-3)76-70(73)64-61-58-55-53-51-49-47-45-43-41-39-36-33-31-29-27-25-23-21-19-17-14-11-8-5-2/h8,11,17,19,23,25,29,31,36,39,67H,4-7,9-10,12-16,18,20-22,24,26-28,30,32-35,37-38,40-66H2,1-3H3/b11-8-,19-17-,25-23-,31-29-,39-36-. The largest absolute Gasteiger partial charge is 0.462 e. The molecule has 0 amide bonds. The van der Waals surface area contributed by atoms with Crippen LogP contribution < -0.4 is 0 Å². The molecular formula is C70H126O6. The van der Waals surface area contributed by atoms with Gasteiger partial charge in [0.05, 0.1) is 0 Å². The molecule has 0 radical (unpaired) electrons. The molecule has 0 rings (SSSR count). The van der Waals surface area contributed by atoms with Gasteiger partial charge >= 0.3 is 17.9 Å². The van der Waals surface area contributed by atoms with Gasteiger partial charge in [-0.2, -0.15) is 0 Å². The molecule has 442 valence electrons. The number of ether oxygens (including phenoxy) is 3. The van der Waals surface area contributed by atoms with Crippen LogP contribution in [0.25, 0.3) is 0 Å². The maximum atomic E-state index is 12.9. The van der Waals surface area contributed by atoms with E-state index >= 15 is 0 Å². The van der Waals surface area contributed by atoms with E-state index in [1.54, 1.807) is 0 Å². The Morgan fingerprint density at radius 3 is 0.803 bits per heavy atom. The van der Waals surface area contributed by atoms with Crippen molar-refractivity contribution in [2.24, 2.45) is 0 Å². The van der Waals surface area contributed by atoms with Gasteiger partial charge in [-0.1, -0.05) is 326 Å². The van der Waals surface area contributed by atoms with Crippen molar-refractivity contribution in [2.45, 2.75) is 354 Å². The third-order valence-electron chi connectivity index (χ3n) is 14.8. The predicted octanol–water partition coefficient (Wildman–Crippen LogP) is 22.7. The van der Waals surface area contributed by atoms with E-state index in [1.165, 1.54) is 212 Å². The lowest BCUT2D eigenvalue weighted by molar-refractivity contribution is -0.167. The fraction of sp³-hybridized carbons (Fsp3) is 0.814. The predicted molar refractivity (Wildman–Crippen MR) is 330 cm³/mol. The summed E-state index contributed by atoms with van der Waals surface area (Å²) in [5.41, 5.74) is 0. The first-order chi connectivity index (χ1) is 37.5. The molecule has 0 heterocycles. The van der Waals surface area contributed by atoms with Crippen LogP contribution in [-0.4, -0.2) is 37.2 Å². The molecule has 6 nitrogen and oxygen atoms in total. The summed E-state index contributed by atoms with van der Waals surface area (Å²) in [6, 6.07) is 0. The van der Waals surface area contributed by atoms with Crippen LogP contribution in [0, 0.1) is 0 Å². The molecule has 0 aromatic carbocycles. The molecule has 6 heteroatoms. The molecule has 0 saturated heterocycles. The van der Waals surface area contributed by atoms with Gasteiger partial charge in [0.1, 0.15) is 13.2 Å². The third kappa shape index (κ3) is 62.0. The first-order valence-electron chi connectivity index (χ1n) is 33.3. The minimum absolute atomic E-state index is 0.0727. The van der Waals surface area contributed by atoms with Crippen molar-refractivity contribution in [3.05, 3.63) is 60.8 Å². The average Bonchev–Trinajstić information content (AvgIpc) is 3.42. The Hall–Kier alpha value is -2.89. The van der Waals surface area contributed by atoms with E-state index in [0.717, 1.165) is 96.3 Å². The zero-order valence-corrected chi connectivity index (χ0v) is 50.8. The van der Waals surface area contributed by atoms with Crippen molar-refractivity contribution in [1.29, 1.82) is 0 Å². The summed E-state index contributed by atoms with van der Waals surface area (Å²) in [5.74, 6) is -0.871. The van der Waals surface area contributed by atoms with Crippen LogP contribution >= 0.6 is 0 Å². The van der Waals surface area contributed by atoms with Gasteiger partial charge in [-0.3, -0.25) is 14.4 Å². The molecule has 0 bridgehead atoms. The summed E-state index contributed by atoms with van der Waals surface area (Å²) in [7, 11) is 0. The van der Waals surface area contributed by atoms with E-state index in [2.05, 4.69) is 81.5 Å². The maximum absolute atomic E-state index is 12.9. The smallest absolute Gasteiger partial charge is 0.306 e. The molecule has 0 aliphatic rings. The summed E-state index contributed by atoms with van der Waals surface area (Å²) >= 11 is 0. The first kappa shape index (κ1) is 73.1. The number of hydrogen-bond donors (Lipinski definition) is 0. The molecular weight excluding hydrogens is 937 g/mol. The fourth-order valence-corrected chi connectivity index (χ4v) is 9.83. The van der Waals surface area contributed by atoms with Crippen molar-refractivity contribution in [3.8, 4) is 0 Å². The molecule has 0 spiro atoms. The van der Waals surface area contributed by atoms with Crippen molar-refractivity contribution in [1.82, 2.24) is 0 Å². The SMILES string of the molecule is CC/C=C\C/C=C\C/C=C\C/C=C\C/C=C\CCCCCCCCCCCC(=O)OC(COC(=O)CCCCCCCC)COC(=O)CCCCCCCCCCCCCCCCCCCCCCCCCCCCC. The molecule has 0 fully saturated rings. The second kappa shape index (κ2) is 64.6. The molecule has 0 saturated carbocycles. The summed E-state index contributed by atoms with van der Waals surface area (Å²) in [6.45, 7) is 6.51. The highest BCUT2D eigenvalue weighted by Gasteiger charge is 2.19. The third-order valence-corrected chi connectivity index (χ3v) is 14.8. The first-order valence-corrected chi connectivity index (χ1v) is 33.3. The topological polar surface area (TPSA) is 78.9 Å². The number of esters is 3. The number of rotatable bonds is 61. The minimum atomic E-state index is -0.773. The monoisotopic (exact) mass is 1060 g/mol. The summed E-state index contributed by atoms with van der Waals surface area (Å²) < 4.78 is 16.8. The zero-order chi connectivity index (χ0) is 55.0. The molecule has 0 aromatic heterocycles. The van der Waals surface area contributed by atoms with E-state index < -0.39 is 6.10 Å². The summed E-state index contributed by atoms with van der Waals surface area (Å²) in [4.78, 5) is 38.0. The Bertz CT molecular complexity index is 1360. The lowest BCUT2D eigenvalue weighted by Gasteiger charge is -2.18. The Morgan fingerprint density at radius 2 is 0.513 bits per heavy atom. The van der Waals surface area contributed by atoms with Gasteiger partial charge in [0.15, 0.2) is 6.10 Å². The Morgan fingerprint density at radius 1 is 0.276 bits per heavy atom. The molecule has 0 aliphatic carbocycles. The number of hydrogen-bond acceptors (Lipinski definition) is 6. The molecule has 1 atom stereocenters. The van der Waals surface area contributed by atoms with E-state index in [0.29, 0.717) is 19.3 Å². The van der Waals surface area contributed by atoms with Gasteiger partial charge < -0.3 is 14.2 Å². The van der Waals surface area contributed by atoms with Crippen LogP contribution in [-0.2, 0) is 28.6 Å². The van der Waals surface area contributed by atoms with Gasteiger partial charge in [0, 0.05) is 19.3 Å². The van der Waals surface area contributed by atoms with Crippen molar-refractivity contribution in [2.75, 3.05) is 13.2 Å². The number of carbonyl (C=O) groups excluding carboxylic acids is 3. The molecule has 0 aliphatic heterocycles. The second-order valence-corrected chi connectivity index (χ2v) is 22.4. The fourth-order valence-electron chi connectivity index (χ4n) is 9.83.